The van der Waals surface area contributed by atoms with Gasteiger partial charge in [-0.1, -0.05) is 6.58 Å². The zero-order valence-electron chi connectivity index (χ0n) is 7.82. The monoisotopic (exact) mass is 185 g/mol. The number of aliphatic hydroxyl groups is 1. The van der Waals surface area contributed by atoms with Crippen molar-refractivity contribution in [3.63, 3.8) is 0 Å². The second-order valence-electron chi connectivity index (χ2n) is 3.17. The van der Waals surface area contributed by atoms with E-state index in [1.807, 2.05) is 0 Å². The molecule has 0 spiro atoms. The average molecular weight is 185 g/mol. The SMILES string of the molecule is C=C(O)C1CCCN1C(=O)COC. The molecule has 4 nitrogen and oxygen atoms in total. The molecule has 1 heterocycles. The lowest BCUT2D eigenvalue weighted by atomic mass is 10.2. The Kier molecular flexibility index (Phi) is 3.31. The number of hydrogen-bond acceptors (Lipinski definition) is 3. The third-order valence-electron chi connectivity index (χ3n) is 2.23. The van der Waals surface area contributed by atoms with Gasteiger partial charge in [-0.2, -0.15) is 0 Å². The number of carbonyl (C=O) groups is 1. The number of ether oxygens (including phenoxy) is 1. The predicted molar refractivity (Wildman–Crippen MR) is 48.4 cm³/mol. The summed E-state index contributed by atoms with van der Waals surface area (Å²) in [5.74, 6) is -0.0119. The first-order valence-corrected chi connectivity index (χ1v) is 4.33. The molecule has 0 aliphatic carbocycles. The molecule has 0 aromatic heterocycles. The van der Waals surface area contributed by atoms with Crippen LogP contribution in [0.15, 0.2) is 12.3 Å². The molecule has 1 fully saturated rings. The fourth-order valence-corrected chi connectivity index (χ4v) is 1.62. The lowest BCUT2D eigenvalue weighted by Gasteiger charge is -2.23. The highest BCUT2D eigenvalue weighted by Crippen LogP contribution is 2.21. The van der Waals surface area contributed by atoms with E-state index in [0.717, 1.165) is 12.8 Å². The minimum atomic E-state index is -0.206. The summed E-state index contributed by atoms with van der Waals surface area (Å²) in [5.41, 5.74) is 0. The fourth-order valence-electron chi connectivity index (χ4n) is 1.62. The number of nitrogens with zero attached hydrogens (tertiary/aromatic N) is 1. The molecule has 0 aromatic carbocycles. The Morgan fingerprint density at radius 3 is 3.00 bits per heavy atom. The highest BCUT2D eigenvalue weighted by Gasteiger charge is 2.30. The van der Waals surface area contributed by atoms with Gasteiger partial charge in [0.1, 0.15) is 12.4 Å². The lowest BCUT2D eigenvalue weighted by Crippen LogP contribution is -2.38. The molecule has 74 valence electrons. The van der Waals surface area contributed by atoms with Crippen LogP contribution in [0.25, 0.3) is 0 Å². The van der Waals surface area contributed by atoms with Gasteiger partial charge in [0.15, 0.2) is 0 Å². The van der Waals surface area contributed by atoms with Gasteiger partial charge >= 0.3 is 0 Å². The van der Waals surface area contributed by atoms with Gasteiger partial charge in [0.05, 0.1) is 6.04 Å². The second kappa shape index (κ2) is 4.28. The molecule has 1 saturated heterocycles. The Labute approximate surface area is 77.8 Å². The van der Waals surface area contributed by atoms with Gasteiger partial charge in [-0.3, -0.25) is 4.79 Å². The number of amides is 1. The fraction of sp³-hybridized carbons (Fsp3) is 0.667. The number of hydrogen-bond donors (Lipinski definition) is 1. The zero-order chi connectivity index (χ0) is 9.84. The van der Waals surface area contributed by atoms with Crippen LogP contribution in [0.4, 0.5) is 0 Å². The second-order valence-corrected chi connectivity index (χ2v) is 3.17. The van der Waals surface area contributed by atoms with Gasteiger partial charge in [0.25, 0.3) is 0 Å². The van der Waals surface area contributed by atoms with Gasteiger partial charge in [-0.25, -0.2) is 0 Å². The molecule has 0 radical (unpaired) electrons. The zero-order valence-corrected chi connectivity index (χ0v) is 7.82. The van der Waals surface area contributed by atoms with E-state index >= 15 is 0 Å². The Morgan fingerprint density at radius 2 is 2.46 bits per heavy atom. The smallest absolute Gasteiger partial charge is 0.249 e. The van der Waals surface area contributed by atoms with Gasteiger partial charge in [-0.15, -0.1) is 0 Å². The van der Waals surface area contributed by atoms with Crippen molar-refractivity contribution in [1.82, 2.24) is 4.90 Å². The van der Waals surface area contributed by atoms with Crippen molar-refractivity contribution in [1.29, 1.82) is 0 Å². The van der Waals surface area contributed by atoms with Crippen molar-refractivity contribution < 1.29 is 14.6 Å². The third kappa shape index (κ3) is 2.21. The maximum absolute atomic E-state index is 11.4. The molecule has 1 aliphatic rings. The summed E-state index contributed by atoms with van der Waals surface area (Å²) in [4.78, 5) is 13.0. The van der Waals surface area contributed by atoms with E-state index in [2.05, 4.69) is 6.58 Å². The quantitative estimate of drug-likeness (QED) is 0.658. The van der Waals surface area contributed by atoms with E-state index in [1.165, 1.54) is 7.11 Å². The first kappa shape index (κ1) is 10.1. The lowest BCUT2D eigenvalue weighted by molar-refractivity contribution is -0.135. The van der Waals surface area contributed by atoms with Crippen LogP contribution in [0.5, 0.6) is 0 Å². The summed E-state index contributed by atoms with van der Waals surface area (Å²) in [6.07, 6.45) is 1.71. The van der Waals surface area contributed by atoms with Crippen molar-refractivity contribution in [2.75, 3.05) is 20.3 Å². The number of likely N-dealkylation sites (tertiary alicyclic amines) is 1. The van der Waals surface area contributed by atoms with Gasteiger partial charge in [0.2, 0.25) is 5.91 Å². The largest absolute Gasteiger partial charge is 0.511 e. The minimum absolute atomic E-state index is 0.0713. The summed E-state index contributed by atoms with van der Waals surface area (Å²) in [6.45, 7) is 4.21. The highest BCUT2D eigenvalue weighted by atomic mass is 16.5. The average Bonchev–Trinajstić information content (AvgIpc) is 2.52. The van der Waals surface area contributed by atoms with Crippen molar-refractivity contribution >= 4 is 5.91 Å². The summed E-state index contributed by atoms with van der Waals surface area (Å²) >= 11 is 0. The van der Waals surface area contributed by atoms with Crippen LogP contribution in [-0.4, -0.2) is 42.2 Å². The van der Waals surface area contributed by atoms with Gasteiger partial charge in [-0.05, 0) is 12.8 Å². The Morgan fingerprint density at radius 1 is 1.77 bits per heavy atom. The van der Waals surface area contributed by atoms with Crippen LogP contribution < -0.4 is 0 Å². The van der Waals surface area contributed by atoms with E-state index in [4.69, 9.17) is 4.74 Å². The van der Waals surface area contributed by atoms with Crippen molar-refractivity contribution in [3.8, 4) is 0 Å². The van der Waals surface area contributed by atoms with Crippen molar-refractivity contribution in [2.45, 2.75) is 18.9 Å². The number of carbonyl (C=O) groups excluding carboxylic acids is 1. The van der Waals surface area contributed by atoms with Crippen molar-refractivity contribution in [3.05, 3.63) is 12.3 Å². The summed E-state index contributed by atoms with van der Waals surface area (Å²) in [7, 11) is 1.48. The Balaban J connectivity index is 2.57. The molecular formula is C9H15NO3. The Bertz CT molecular complexity index is 215. The predicted octanol–water partition coefficient (Wildman–Crippen LogP) is 0.696. The minimum Gasteiger partial charge on any atom is -0.511 e. The molecule has 1 N–H and O–H groups in total. The standard InChI is InChI=1S/C9H15NO3/c1-7(11)8-4-3-5-10(8)9(12)6-13-2/h8,11H,1,3-6H2,2H3. The molecule has 1 rings (SSSR count). The van der Waals surface area contributed by atoms with Crippen LogP contribution in [0, 0.1) is 0 Å². The molecule has 4 heteroatoms. The first-order valence-electron chi connectivity index (χ1n) is 4.33. The van der Waals surface area contributed by atoms with E-state index in [1.54, 1.807) is 4.90 Å². The molecule has 0 aromatic rings. The molecule has 1 atom stereocenters. The highest BCUT2D eigenvalue weighted by molar-refractivity contribution is 5.78. The maximum atomic E-state index is 11.4. The maximum Gasteiger partial charge on any atom is 0.249 e. The molecule has 1 amide bonds. The van der Waals surface area contributed by atoms with Gasteiger partial charge in [0, 0.05) is 13.7 Å². The van der Waals surface area contributed by atoms with E-state index in [9.17, 15) is 9.90 Å². The van der Waals surface area contributed by atoms with E-state index < -0.39 is 0 Å². The first-order chi connectivity index (χ1) is 6.16. The Hall–Kier alpha value is -1.03. The molecule has 1 aliphatic heterocycles. The van der Waals surface area contributed by atoms with Crippen LogP contribution in [0.3, 0.4) is 0 Å². The molecule has 1 unspecified atom stereocenters. The molecule has 0 bridgehead atoms. The summed E-state index contributed by atoms with van der Waals surface area (Å²) < 4.78 is 4.74. The normalized spacial score (nSPS) is 21.9. The van der Waals surface area contributed by atoms with E-state index in [0.29, 0.717) is 6.54 Å². The summed E-state index contributed by atoms with van der Waals surface area (Å²) in [6, 6.07) is -0.206. The van der Waals surface area contributed by atoms with Gasteiger partial charge < -0.3 is 14.7 Å². The molecule has 13 heavy (non-hydrogen) atoms. The summed E-state index contributed by atoms with van der Waals surface area (Å²) in [5, 5.41) is 9.21. The van der Waals surface area contributed by atoms with Crippen LogP contribution in [-0.2, 0) is 9.53 Å². The topological polar surface area (TPSA) is 49.8 Å². The van der Waals surface area contributed by atoms with Crippen LogP contribution in [0.1, 0.15) is 12.8 Å². The van der Waals surface area contributed by atoms with Crippen LogP contribution >= 0.6 is 0 Å². The number of aliphatic hydroxyl groups excluding tert-OH is 1. The third-order valence-corrected chi connectivity index (χ3v) is 2.23. The van der Waals surface area contributed by atoms with Crippen molar-refractivity contribution in [2.24, 2.45) is 0 Å². The number of rotatable bonds is 3. The number of methoxy groups -OCH3 is 1. The van der Waals surface area contributed by atoms with E-state index in [-0.39, 0.29) is 24.3 Å². The molecule has 0 saturated carbocycles. The molecular weight excluding hydrogens is 170 g/mol. The van der Waals surface area contributed by atoms with Crippen LogP contribution in [0.2, 0.25) is 0 Å².